The van der Waals surface area contributed by atoms with Crippen molar-refractivity contribution in [3.8, 4) is 0 Å². The molecule has 104 valence electrons. The van der Waals surface area contributed by atoms with Crippen molar-refractivity contribution in [1.82, 2.24) is 15.1 Å². The van der Waals surface area contributed by atoms with Gasteiger partial charge in [0, 0.05) is 51.7 Å². The smallest absolute Gasteiger partial charge is 0.226 e. The van der Waals surface area contributed by atoms with Gasteiger partial charge in [-0.25, -0.2) is 0 Å². The lowest BCUT2D eigenvalue weighted by molar-refractivity contribution is -0.135. The molecule has 4 nitrogen and oxygen atoms in total. The summed E-state index contributed by atoms with van der Waals surface area (Å²) in [5.74, 6) is 0.525. The zero-order valence-corrected chi connectivity index (χ0v) is 11.7. The summed E-state index contributed by atoms with van der Waals surface area (Å²) in [6.07, 6.45) is 4.95. The van der Waals surface area contributed by atoms with Crippen molar-refractivity contribution in [2.45, 2.75) is 32.6 Å². The molecule has 0 aromatic rings. The van der Waals surface area contributed by atoms with Crippen molar-refractivity contribution in [1.29, 1.82) is 0 Å². The maximum atomic E-state index is 12.4. The van der Waals surface area contributed by atoms with Crippen molar-refractivity contribution < 1.29 is 4.79 Å². The number of carbonyl (C=O) groups is 1. The zero-order valence-electron chi connectivity index (χ0n) is 11.7. The largest absolute Gasteiger partial charge is 0.342 e. The molecule has 0 saturated carbocycles. The first-order chi connectivity index (χ1) is 8.77. The van der Waals surface area contributed by atoms with E-state index in [-0.39, 0.29) is 5.92 Å². The molecule has 1 unspecified atom stereocenters. The Bertz CT molecular complexity index is 256. The van der Waals surface area contributed by atoms with Crippen molar-refractivity contribution >= 4 is 5.91 Å². The van der Waals surface area contributed by atoms with Gasteiger partial charge in [0.15, 0.2) is 0 Å². The predicted octanol–water partition coefficient (Wildman–Crippen LogP) is 0.930. The van der Waals surface area contributed by atoms with Gasteiger partial charge in [-0.3, -0.25) is 4.79 Å². The van der Waals surface area contributed by atoms with Crippen molar-refractivity contribution in [3.05, 3.63) is 0 Å². The van der Waals surface area contributed by atoms with E-state index in [0.717, 1.165) is 45.8 Å². The zero-order chi connectivity index (χ0) is 12.8. The molecule has 2 heterocycles. The molecular weight excluding hydrogens is 226 g/mol. The first kappa shape index (κ1) is 13.8. The number of hydrogen-bond acceptors (Lipinski definition) is 3. The van der Waals surface area contributed by atoms with Crippen molar-refractivity contribution in [2.75, 3.05) is 45.8 Å². The average molecular weight is 253 g/mol. The molecule has 1 atom stereocenters. The Morgan fingerprint density at radius 3 is 2.28 bits per heavy atom. The van der Waals surface area contributed by atoms with E-state index in [1.54, 1.807) is 0 Å². The normalized spacial score (nSPS) is 24.6. The highest BCUT2D eigenvalue weighted by Gasteiger charge is 2.23. The van der Waals surface area contributed by atoms with E-state index in [9.17, 15) is 4.79 Å². The number of rotatable bonds is 3. The molecule has 0 radical (unpaired) electrons. The Balaban J connectivity index is 1.79. The summed E-state index contributed by atoms with van der Waals surface area (Å²) in [5.41, 5.74) is 0. The summed E-state index contributed by atoms with van der Waals surface area (Å²) < 4.78 is 0. The van der Waals surface area contributed by atoms with Gasteiger partial charge in [-0.15, -0.1) is 0 Å². The molecule has 0 bridgehead atoms. The first-order valence-corrected chi connectivity index (χ1v) is 7.49. The SMILES string of the molecule is CC(CN1CCNCC1)C(=O)N1CCCCCC1. The number of amides is 1. The van der Waals surface area contributed by atoms with Crippen LogP contribution in [-0.4, -0.2) is 61.5 Å². The number of hydrogen-bond donors (Lipinski definition) is 1. The Morgan fingerprint density at radius 2 is 1.67 bits per heavy atom. The van der Waals surface area contributed by atoms with E-state index >= 15 is 0 Å². The van der Waals surface area contributed by atoms with Crippen LogP contribution in [0.4, 0.5) is 0 Å². The lowest BCUT2D eigenvalue weighted by atomic mass is 10.1. The third kappa shape index (κ3) is 3.95. The summed E-state index contributed by atoms with van der Waals surface area (Å²) in [4.78, 5) is 16.9. The van der Waals surface area contributed by atoms with Crippen LogP contribution >= 0.6 is 0 Å². The van der Waals surface area contributed by atoms with E-state index < -0.39 is 0 Å². The van der Waals surface area contributed by atoms with E-state index in [0.29, 0.717) is 5.91 Å². The Hall–Kier alpha value is -0.610. The Morgan fingerprint density at radius 1 is 1.06 bits per heavy atom. The third-order valence-electron chi connectivity index (χ3n) is 4.08. The molecular formula is C14H27N3O. The molecule has 18 heavy (non-hydrogen) atoms. The fraction of sp³-hybridized carbons (Fsp3) is 0.929. The van der Waals surface area contributed by atoms with Gasteiger partial charge in [0.1, 0.15) is 0 Å². The quantitative estimate of drug-likeness (QED) is 0.813. The highest BCUT2D eigenvalue weighted by atomic mass is 16.2. The lowest BCUT2D eigenvalue weighted by Gasteiger charge is -2.31. The van der Waals surface area contributed by atoms with Gasteiger partial charge in [-0.05, 0) is 12.8 Å². The Kier molecular flexibility index (Phi) is 5.45. The molecule has 0 aliphatic carbocycles. The molecule has 1 N–H and O–H groups in total. The predicted molar refractivity (Wildman–Crippen MR) is 73.5 cm³/mol. The number of carbonyl (C=O) groups excluding carboxylic acids is 1. The molecule has 1 amide bonds. The summed E-state index contributed by atoms with van der Waals surface area (Å²) in [6.45, 7) is 9.26. The van der Waals surface area contributed by atoms with Crippen LogP contribution in [0, 0.1) is 5.92 Å². The van der Waals surface area contributed by atoms with Crippen LogP contribution in [0.25, 0.3) is 0 Å². The number of likely N-dealkylation sites (tertiary alicyclic amines) is 1. The summed E-state index contributed by atoms with van der Waals surface area (Å²) >= 11 is 0. The van der Waals surface area contributed by atoms with Gasteiger partial charge in [-0.2, -0.15) is 0 Å². The van der Waals surface area contributed by atoms with Crippen LogP contribution in [-0.2, 0) is 4.79 Å². The summed E-state index contributed by atoms with van der Waals surface area (Å²) in [7, 11) is 0. The maximum Gasteiger partial charge on any atom is 0.226 e. The second-order valence-electron chi connectivity index (χ2n) is 5.69. The van der Waals surface area contributed by atoms with Crippen LogP contribution in [0.15, 0.2) is 0 Å². The third-order valence-corrected chi connectivity index (χ3v) is 4.08. The Labute approximate surface area is 111 Å². The fourth-order valence-corrected chi connectivity index (χ4v) is 2.96. The molecule has 2 aliphatic heterocycles. The minimum absolute atomic E-state index is 0.154. The van der Waals surface area contributed by atoms with Gasteiger partial charge >= 0.3 is 0 Å². The van der Waals surface area contributed by atoms with Crippen LogP contribution in [0.2, 0.25) is 0 Å². The topological polar surface area (TPSA) is 35.6 Å². The van der Waals surface area contributed by atoms with E-state index in [4.69, 9.17) is 0 Å². The second kappa shape index (κ2) is 7.10. The molecule has 2 saturated heterocycles. The number of piperazine rings is 1. The highest BCUT2D eigenvalue weighted by molar-refractivity contribution is 5.78. The van der Waals surface area contributed by atoms with Gasteiger partial charge in [-0.1, -0.05) is 19.8 Å². The highest BCUT2D eigenvalue weighted by Crippen LogP contribution is 2.13. The van der Waals surface area contributed by atoms with Gasteiger partial charge in [0.25, 0.3) is 0 Å². The van der Waals surface area contributed by atoms with Crippen LogP contribution in [0.5, 0.6) is 0 Å². The van der Waals surface area contributed by atoms with E-state index in [1.165, 1.54) is 25.7 Å². The monoisotopic (exact) mass is 253 g/mol. The maximum absolute atomic E-state index is 12.4. The summed E-state index contributed by atoms with van der Waals surface area (Å²) in [6, 6.07) is 0. The molecule has 2 fully saturated rings. The number of nitrogens with one attached hydrogen (secondary N) is 1. The summed E-state index contributed by atoms with van der Waals surface area (Å²) in [5, 5.41) is 3.35. The van der Waals surface area contributed by atoms with Gasteiger partial charge in [0.2, 0.25) is 5.91 Å². The molecule has 2 rings (SSSR count). The molecule has 4 heteroatoms. The van der Waals surface area contributed by atoms with Crippen LogP contribution in [0.3, 0.4) is 0 Å². The fourth-order valence-electron chi connectivity index (χ4n) is 2.96. The van der Waals surface area contributed by atoms with Crippen LogP contribution < -0.4 is 5.32 Å². The second-order valence-corrected chi connectivity index (χ2v) is 5.69. The first-order valence-electron chi connectivity index (χ1n) is 7.49. The molecule has 0 aromatic heterocycles. The van der Waals surface area contributed by atoms with E-state index in [1.807, 2.05) is 0 Å². The lowest BCUT2D eigenvalue weighted by Crippen LogP contribution is -2.47. The van der Waals surface area contributed by atoms with E-state index in [2.05, 4.69) is 22.0 Å². The van der Waals surface area contributed by atoms with Gasteiger partial charge in [0.05, 0.1) is 0 Å². The minimum Gasteiger partial charge on any atom is -0.342 e. The molecule has 2 aliphatic rings. The molecule has 0 aromatic carbocycles. The van der Waals surface area contributed by atoms with Gasteiger partial charge < -0.3 is 15.1 Å². The standard InChI is InChI=1S/C14H27N3O/c1-13(12-16-10-6-15-7-11-16)14(18)17-8-4-2-3-5-9-17/h13,15H,2-12H2,1H3. The average Bonchev–Trinajstić information content (AvgIpc) is 2.68. The number of nitrogens with zero attached hydrogens (tertiary/aromatic N) is 2. The van der Waals surface area contributed by atoms with Crippen LogP contribution in [0.1, 0.15) is 32.6 Å². The minimum atomic E-state index is 0.154. The van der Waals surface area contributed by atoms with Crippen molar-refractivity contribution in [2.24, 2.45) is 5.92 Å². The molecule has 0 spiro atoms. The van der Waals surface area contributed by atoms with Crippen molar-refractivity contribution in [3.63, 3.8) is 0 Å².